The first-order chi connectivity index (χ1) is 12.3. The summed E-state index contributed by atoms with van der Waals surface area (Å²) in [6.07, 6.45) is 2.95. The standard InChI is InChI=1S/C16H24N6O3S/c1-4-26(24,25)18-8-12-7-13(21-6-5-11(2)9-21)10-22-15(12)19-14(20-22)16(23)17-3/h7,10-11,18H,4-6,8-9H2,1-3H3,(H,17,23). The van der Waals surface area contributed by atoms with E-state index in [9.17, 15) is 13.2 Å². The molecule has 0 aromatic carbocycles. The van der Waals surface area contributed by atoms with E-state index < -0.39 is 10.0 Å². The molecule has 142 valence electrons. The summed E-state index contributed by atoms with van der Waals surface area (Å²) < 4.78 is 27.8. The lowest BCUT2D eigenvalue weighted by atomic mass is 10.2. The van der Waals surface area contributed by atoms with E-state index in [0.717, 1.165) is 25.2 Å². The Bertz CT molecular complexity index is 923. The Labute approximate surface area is 152 Å². The van der Waals surface area contributed by atoms with E-state index >= 15 is 0 Å². The summed E-state index contributed by atoms with van der Waals surface area (Å²) >= 11 is 0. The van der Waals surface area contributed by atoms with Gasteiger partial charge >= 0.3 is 0 Å². The molecule has 0 radical (unpaired) electrons. The first-order valence-electron chi connectivity index (χ1n) is 8.66. The molecule has 1 aliphatic heterocycles. The van der Waals surface area contributed by atoms with Crippen molar-refractivity contribution in [3.8, 4) is 0 Å². The van der Waals surface area contributed by atoms with Gasteiger partial charge < -0.3 is 10.2 Å². The molecule has 1 fully saturated rings. The van der Waals surface area contributed by atoms with Crippen LogP contribution < -0.4 is 14.9 Å². The van der Waals surface area contributed by atoms with Crippen molar-refractivity contribution in [1.82, 2.24) is 24.6 Å². The van der Waals surface area contributed by atoms with Gasteiger partial charge in [0.1, 0.15) is 0 Å². The Hall–Kier alpha value is -2.20. The SMILES string of the molecule is CCS(=O)(=O)NCc1cc(N2CCC(C)C2)cn2nc(C(=O)NC)nc12. The van der Waals surface area contributed by atoms with Gasteiger partial charge in [-0.3, -0.25) is 4.79 Å². The molecule has 3 heterocycles. The molecule has 2 N–H and O–H groups in total. The molecule has 0 aliphatic carbocycles. The van der Waals surface area contributed by atoms with Crippen LogP contribution in [-0.4, -0.2) is 54.8 Å². The maximum absolute atomic E-state index is 11.9. The van der Waals surface area contributed by atoms with Crippen molar-refractivity contribution in [1.29, 1.82) is 0 Å². The number of amides is 1. The number of aromatic nitrogens is 3. The summed E-state index contributed by atoms with van der Waals surface area (Å²) in [6.45, 7) is 5.75. The Morgan fingerprint density at radius 1 is 1.42 bits per heavy atom. The van der Waals surface area contributed by atoms with Crippen molar-refractivity contribution in [2.45, 2.75) is 26.8 Å². The van der Waals surface area contributed by atoms with E-state index in [1.54, 1.807) is 11.4 Å². The van der Waals surface area contributed by atoms with Crippen LogP contribution in [0.2, 0.25) is 0 Å². The molecule has 3 rings (SSSR count). The van der Waals surface area contributed by atoms with Crippen LogP contribution in [0.1, 0.15) is 36.5 Å². The van der Waals surface area contributed by atoms with Crippen molar-refractivity contribution >= 4 is 27.3 Å². The van der Waals surface area contributed by atoms with Crippen LogP contribution in [0.4, 0.5) is 5.69 Å². The van der Waals surface area contributed by atoms with Gasteiger partial charge in [0, 0.05) is 32.2 Å². The lowest BCUT2D eigenvalue weighted by molar-refractivity contribution is 0.0953. The van der Waals surface area contributed by atoms with Gasteiger partial charge in [-0.1, -0.05) is 6.92 Å². The first-order valence-corrected chi connectivity index (χ1v) is 10.3. The van der Waals surface area contributed by atoms with Crippen LogP contribution in [0.25, 0.3) is 5.65 Å². The molecule has 10 heteroatoms. The number of carbonyl (C=O) groups excluding carboxylic acids is 1. The molecule has 0 bridgehead atoms. The molecule has 0 spiro atoms. The molecule has 2 aromatic rings. The number of sulfonamides is 1. The molecule has 1 saturated heterocycles. The molecular formula is C16H24N6O3S. The topological polar surface area (TPSA) is 109 Å². The number of carbonyl (C=O) groups is 1. The van der Waals surface area contributed by atoms with E-state index in [1.165, 1.54) is 7.05 Å². The molecule has 26 heavy (non-hydrogen) atoms. The summed E-state index contributed by atoms with van der Waals surface area (Å²) in [5.74, 6) is 0.275. The zero-order chi connectivity index (χ0) is 18.9. The number of hydrogen-bond donors (Lipinski definition) is 2. The number of hydrogen-bond acceptors (Lipinski definition) is 6. The number of nitrogens with zero attached hydrogens (tertiary/aromatic N) is 4. The summed E-state index contributed by atoms with van der Waals surface area (Å²) in [5.41, 5.74) is 2.10. The lowest BCUT2D eigenvalue weighted by Gasteiger charge is -2.19. The van der Waals surface area contributed by atoms with Crippen LogP contribution >= 0.6 is 0 Å². The fourth-order valence-electron chi connectivity index (χ4n) is 3.01. The minimum Gasteiger partial charge on any atom is -0.370 e. The van der Waals surface area contributed by atoms with Crippen LogP contribution in [-0.2, 0) is 16.6 Å². The highest BCUT2D eigenvalue weighted by Crippen LogP contribution is 2.26. The lowest BCUT2D eigenvalue weighted by Crippen LogP contribution is -2.25. The first kappa shape index (κ1) is 18.6. The van der Waals surface area contributed by atoms with Gasteiger partial charge in [-0.2, -0.15) is 0 Å². The van der Waals surface area contributed by atoms with Crippen LogP contribution in [0.3, 0.4) is 0 Å². The normalized spacial score (nSPS) is 17.8. The van der Waals surface area contributed by atoms with E-state index in [4.69, 9.17) is 0 Å². The Morgan fingerprint density at radius 3 is 2.81 bits per heavy atom. The second-order valence-corrected chi connectivity index (χ2v) is 8.67. The minimum atomic E-state index is -3.34. The minimum absolute atomic E-state index is 0.00278. The molecular weight excluding hydrogens is 356 g/mol. The van der Waals surface area contributed by atoms with E-state index in [0.29, 0.717) is 17.1 Å². The van der Waals surface area contributed by atoms with Crippen molar-refractivity contribution in [2.24, 2.45) is 5.92 Å². The van der Waals surface area contributed by atoms with Gasteiger partial charge in [-0.25, -0.2) is 22.6 Å². The summed E-state index contributed by atoms with van der Waals surface area (Å²) in [4.78, 5) is 18.4. The maximum atomic E-state index is 11.9. The number of pyridine rings is 1. The van der Waals surface area contributed by atoms with Crippen molar-refractivity contribution in [3.05, 3.63) is 23.7 Å². The van der Waals surface area contributed by atoms with Crippen molar-refractivity contribution in [2.75, 3.05) is 30.8 Å². The van der Waals surface area contributed by atoms with Crippen LogP contribution in [0.15, 0.2) is 12.3 Å². The fourth-order valence-corrected chi connectivity index (χ4v) is 3.59. The third-order valence-electron chi connectivity index (χ3n) is 4.58. The van der Waals surface area contributed by atoms with Crippen LogP contribution in [0, 0.1) is 5.92 Å². The molecule has 1 unspecified atom stereocenters. The Kier molecular flexibility index (Phi) is 5.15. The van der Waals surface area contributed by atoms with E-state index in [1.807, 2.05) is 12.3 Å². The number of fused-ring (bicyclic) bond motifs is 1. The predicted molar refractivity (Wildman–Crippen MR) is 98.7 cm³/mol. The van der Waals surface area contributed by atoms with Crippen LogP contribution in [0.5, 0.6) is 0 Å². The molecule has 9 nitrogen and oxygen atoms in total. The number of nitrogens with one attached hydrogen (secondary N) is 2. The fraction of sp³-hybridized carbons (Fsp3) is 0.562. The molecule has 1 amide bonds. The molecule has 1 aliphatic rings. The maximum Gasteiger partial charge on any atom is 0.290 e. The highest BCUT2D eigenvalue weighted by atomic mass is 32.2. The largest absolute Gasteiger partial charge is 0.370 e. The third-order valence-corrected chi connectivity index (χ3v) is 5.92. The van der Waals surface area contributed by atoms with Gasteiger partial charge in [0.25, 0.3) is 5.91 Å². The molecule has 0 saturated carbocycles. The average Bonchev–Trinajstić information content (AvgIpc) is 3.25. The zero-order valence-corrected chi connectivity index (χ0v) is 16.0. The second kappa shape index (κ2) is 7.20. The summed E-state index contributed by atoms with van der Waals surface area (Å²) in [6, 6.07) is 1.92. The predicted octanol–water partition coefficient (Wildman–Crippen LogP) is 0.374. The molecule has 2 aromatic heterocycles. The Morgan fingerprint density at radius 2 is 2.19 bits per heavy atom. The number of anilines is 1. The van der Waals surface area contributed by atoms with E-state index in [2.05, 4.69) is 31.9 Å². The van der Waals surface area contributed by atoms with E-state index in [-0.39, 0.29) is 24.0 Å². The monoisotopic (exact) mass is 380 g/mol. The highest BCUT2D eigenvalue weighted by molar-refractivity contribution is 7.89. The van der Waals surface area contributed by atoms with Crippen molar-refractivity contribution < 1.29 is 13.2 Å². The van der Waals surface area contributed by atoms with Crippen molar-refractivity contribution in [3.63, 3.8) is 0 Å². The van der Waals surface area contributed by atoms with Gasteiger partial charge in [0.05, 0.1) is 17.6 Å². The molecule has 1 atom stereocenters. The van der Waals surface area contributed by atoms with Gasteiger partial charge in [0.2, 0.25) is 15.8 Å². The smallest absolute Gasteiger partial charge is 0.290 e. The van der Waals surface area contributed by atoms with Gasteiger partial charge in [-0.15, -0.1) is 5.10 Å². The summed E-state index contributed by atoms with van der Waals surface area (Å²) in [5, 5.41) is 6.75. The number of rotatable bonds is 6. The Balaban J connectivity index is 2.02. The zero-order valence-electron chi connectivity index (χ0n) is 15.2. The summed E-state index contributed by atoms with van der Waals surface area (Å²) in [7, 11) is -1.83. The second-order valence-electron chi connectivity index (χ2n) is 6.57. The third kappa shape index (κ3) is 3.80. The van der Waals surface area contributed by atoms with Gasteiger partial charge in [0.15, 0.2) is 5.65 Å². The quantitative estimate of drug-likeness (QED) is 0.750. The average molecular weight is 380 g/mol. The van der Waals surface area contributed by atoms with Gasteiger partial charge in [-0.05, 0) is 25.3 Å². The highest BCUT2D eigenvalue weighted by Gasteiger charge is 2.22.